The smallest absolute Gasteiger partial charge is 0.229 e. The van der Waals surface area contributed by atoms with Crippen molar-refractivity contribution in [3.05, 3.63) is 28.7 Å². The molecule has 1 aliphatic heterocycles. The van der Waals surface area contributed by atoms with Gasteiger partial charge in [0.2, 0.25) is 10.0 Å². The average Bonchev–Trinajstić information content (AvgIpc) is 2.75. The second-order valence-corrected chi connectivity index (χ2v) is 10.2. The fraction of sp³-hybridized carbons (Fsp3) is 0.538. The second kappa shape index (κ2) is 6.36. The normalized spacial score (nSPS) is 21.8. The van der Waals surface area contributed by atoms with Gasteiger partial charge in [-0.15, -0.1) is 0 Å². The van der Waals surface area contributed by atoms with Crippen LogP contribution in [0.1, 0.15) is 19.8 Å². The molecule has 1 aromatic carbocycles. The third kappa shape index (κ3) is 3.85. The molecule has 5 nitrogen and oxygen atoms in total. The van der Waals surface area contributed by atoms with E-state index in [1.807, 2.05) is 6.92 Å². The topological polar surface area (TPSA) is 71.5 Å². The zero-order chi connectivity index (χ0) is 15.7. The predicted octanol–water partition coefficient (Wildman–Crippen LogP) is 2.04. The predicted molar refractivity (Wildman–Crippen MR) is 85.4 cm³/mol. The molecule has 0 spiro atoms. The van der Waals surface area contributed by atoms with Gasteiger partial charge in [0.1, 0.15) is 0 Å². The van der Waals surface area contributed by atoms with Gasteiger partial charge in [0, 0.05) is 17.1 Å². The van der Waals surface area contributed by atoms with Gasteiger partial charge in [0.15, 0.2) is 9.84 Å². The van der Waals surface area contributed by atoms with Gasteiger partial charge in [-0.3, -0.25) is 0 Å². The van der Waals surface area contributed by atoms with Crippen molar-refractivity contribution in [2.45, 2.75) is 30.7 Å². The summed E-state index contributed by atoms with van der Waals surface area (Å²) in [7, 11) is -6.81. The quantitative estimate of drug-likeness (QED) is 0.764. The summed E-state index contributed by atoms with van der Waals surface area (Å²) in [5, 5.41) is 0. The van der Waals surface area contributed by atoms with E-state index in [9.17, 15) is 16.8 Å². The van der Waals surface area contributed by atoms with Gasteiger partial charge in [-0.2, -0.15) is 4.31 Å². The lowest BCUT2D eigenvalue weighted by atomic mass is 10.2. The lowest BCUT2D eigenvalue weighted by Gasteiger charge is -2.27. The van der Waals surface area contributed by atoms with Crippen LogP contribution in [0.2, 0.25) is 0 Å². The Bertz CT molecular complexity index is 715. The van der Waals surface area contributed by atoms with E-state index in [2.05, 4.69) is 15.9 Å². The Labute approximate surface area is 134 Å². The monoisotopic (exact) mass is 395 g/mol. The molecule has 0 bridgehead atoms. The molecule has 2 rings (SSSR count). The van der Waals surface area contributed by atoms with Crippen molar-refractivity contribution in [3.63, 3.8) is 0 Å². The van der Waals surface area contributed by atoms with Crippen LogP contribution in [0.25, 0.3) is 0 Å². The molecule has 21 heavy (non-hydrogen) atoms. The molecule has 1 saturated heterocycles. The molecule has 1 heterocycles. The Hall–Kier alpha value is -0.440. The van der Waals surface area contributed by atoms with Crippen LogP contribution in [-0.2, 0) is 19.9 Å². The molecule has 0 radical (unpaired) electrons. The standard InChI is InChI=1S/C13H18BrNO4S2/c1-2-7-15(12-6-8-20(16,17)10-12)21(18,19)13-5-3-4-11(14)9-13/h3-5,9,12H,2,6-8,10H2,1H3/t12-/m1/s1. The van der Waals surface area contributed by atoms with E-state index in [0.717, 1.165) is 0 Å². The Morgan fingerprint density at radius 1 is 1.38 bits per heavy atom. The molecule has 8 heteroatoms. The summed E-state index contributed by atoms with van der Waals surface area (Å²) in [6.45, 7) is 2.21. The van der Waals surface area contributed by atoms with E-state index in [0.29, 0.717) is 23.9 Å². The molecular formula is C13H18BrNO4S2. The van der Waals surface area contributed by atoms with Crippen LogP contribution < -0.4 is 0 Å². The first-order chi connectivity index (χ1) is 9.76. The van der Waals surface area contributed by atoms with Gasteiger partial charge in [0.25, 0.3) is 0 Å². The Morgan fingerprint density at radius 2 is 2.10 bits per heavy atom. The summed E-state index contributed by atoms with van der Waals surface area (Å²) in [5.41, 5.74) is 0. The summed E-state index contributed by atoms with van der Waals surface area (Å²) in [4.78, 5) is 0.189. The number of nitrogens with zero attached hydrogens (tertiary/aromatic N) is 1. The summed E-state index contributed by atoms with van der Waals surface area (Å²) in [6, 6.07) is 6.03. The molecule has 118 valence electrons. The molecule has 1 aliphatic rings. The van der Waals surface area contributed by atoms with Crippen molar-refractivity contribution in [3.8, 4) is 0 Å². The van der Waals surface area contributed by atoms with E-state index < -0.39 is 25.9 Å². The molecule has 0 N–H and O–H groups in total. The minimum Gasteiger partial charge on any atom is -0.229 e. The first kappa shape index (κ1) is 16.9. The molecule has 1 fully saturated rings. The van der Waals surface area contributed by atoms with Crippen molar-refractivity contribution < 1.29 is 16.8 Å². The van der Waals surface area contributed by atoms with Crippen molar-refractivity contribution in [1.29, 1.82) is 0 Å². The van der Waals surface area contributed by atoms with Gasteiger partial charge >= 0.3 is 0 Å². The van der Waals surface area contributed by atoms with Crippen molar-refractivity contribution in [1.82, 2.24) is 4.31 Å². The molecule has 1 atom stereocenters. The van der Waals surface area contributed by atoms with Crippen LogP contribution in [0, 0.1) is 0 Å². The van der Waals surface area contributed by atoms with Crippen LogP contribution in [-0.4, -0.2) is 45.2 Å². The third-order valence-electron chi connectivity index (χ3n) is 3.46. The SMILES string of the molecule is CCCN([C@@H]1CCS(=O)(=O)C1)S(=O)(=O)c1cccc(Br)c1. The summed E-state index contributed by atoms with van der Waals surface area (Å²) in [5.74, 6) is -0.0217. The lowest BCUT2D eigenvalue weighted by molar-refractivity contribution is 0.340. The van der Waals surface area contributed by atoms with Gasteiger partial charge in [-0.05, 0) is 31.0 Å². The van der Waals surface area contributed by atoms with Crippen LogP contribution in [0.5, 0.6) is 0 Å². The summed E-state index contributed by atoms with van der Waals surface area (Å²) in [6.07, 6.45) is 1.01. The van der Waals surface area contributed by atoms with E-state index in [-0.39, 0.29) is 16.4 Å². The molecule has 0 unspecified atom stereocenters. The zero-order valence-corrected chi connectivity index (χ0v) is 14.9. The zero-order valence-electron chi connectivity index (χ0n) is 11.7. The molecular weight excluding hydrogens is 378 g/mol. The van der Waals surface area contributed by atoms with Crippen LogP contribution in [0.4, 0.5) is 0 Å². The average molecular weight is 396 g/mol. The summed E-state index contributed by atoms with van der Waals surface area (Å²) >= 11 is 3.27. The van der Waals surface area contributed by atoms with Crippen LogP contribution in [0.3, 0.4) is 0 Å². The summed E-state index contributed by atoms with van der Waals surface area (Å²) < 4.78 is 50.9. The third-order valence-corrected chi connectivity index (χ3v) is 7.65. The number of sulfone groups is 1. The molecule has 0 amide bonds. The minimum atomic E-state index is -3.68. The number of hydrogen-bond donors (Lipinski definition) is 0. The van der Waals surface area contributed by atoms with Gasteiger partial charge in [-0.1, -0.05) is 28.9 Å². The fourth-order valence-electron chi connectivity index (χ4n) is 2.48. The Morgan fingerprint density at radius 3 is 2.62 bits per heavy atom. The van der Waals surface area contributed by atoms with Crippen molar-refractivity contribution in [2.24, 2.45) is 0 Å². The first-order valence-corrected chi connectivity index (χ1v) is 10.8. The molecule has 0 aliphatic carbocycles. The van der Waals surface area contributed by atoms with E-state index >= 15 is 0 Å². The molecule has 1 aromatic rings. The van der Waals surface area contributed by atoms with Crippen LogP contribution in [0.15, 0.2) is 33.6 Å². The molecule has 0 aromatic heterocycles. The number of hydrogen-bond acceptors (Lipinski definition) is 4. The molecule has 0 saturated carbocycles. The number of halogens is 1. The van der Waals surface area contributed by atoms with Gasteiger partial charge < -0.3 is 0 Å². The highest BCUT2D eigenvalue weighted by Gasteiger charge is 2.38. The lowest BCUT2D eigenvalue weighted by Crippen LogP contribution is -2.41. The maximum Gasteiger partial charge on any atom is 0.243 e. The highest BCUT2D eigenvalue weighted by atomic mass is 79.9. The van der Waals surface area contributed by atoms with Gasteiger partial charge in [0.05, 0.1) is 16.4 Å². The maximum atomic E-state index is 12.8. The van der Waals surface area contributed by atoms with Crippen molar-refractivity contribution in [2.75, 3.05) is 18.1 Å². The Kier molecular flexibility index (Phi) is 5.12. The first-order valence-electron chi connectivity index (χ1n) is 6.74. The van der Waals surface area contributed by atoms with E-state index in [1.165, 1.54) is 10.4 Å². The highest BCUT2D eigenvalue weighted by molar-refractivity contribution is 9.10. The number of benzene rings is 1. The van der Waals surface area contributed by atoms with E-state index in [1.54, 1.807) is 18.2 Å². The highest BCUT2D eigenvalue weighted by Crippen LogP contribution is 2.26. The minimum absolute atomic E-state index is 0.0614. The van der Waals surface area contributed by atoms with Gasteiger partial charge in [-0.25, -0.2) is 16.8 Å². The van der Waals surface area contributed by atoms with E-state index in [4.69, 9.17) is 0 Å². The Balaban J connectivity index is 2.37. The van der Waals surface area contributed by atoms with Crippen LogP contribution >= 0.6 is 15.9 Å². The number of rotatable bonds is 5. The second-order valence-electron chi connectivity index (χ2n) is 5.13. The fourth-order valence-corrected chi connectivity index (χ4v) is 6.65. The maximum absolute atomic E-state index is 12.8. The van der Waals surface area contributed by atoms with Crippen molar-refractivity contribution >= 4 is 35.8 Å². The number of sulfonamides is 1. The largest absolute Gasteiger partial charge is 0.243 e.